The highest BCUT2D eigenvalue weighted by molar-refractivity contribution is 6.30. The largest absolute Gasteiger partial charge is 0.337 e. The van der Waals surface area contributed by atoms with E-state index in [1.165, 1.54) is 4.80 Å². The van der Waals surface area contributed by atoms with Gasteiger partial charge in [-0.25, -0.2) is 0 Å². The van der Waals surface area contributed by atoms with Crippen LogP contribution in [0.4, 0.5) is 0 Å². The van der Waals surface area contributed by atoms with Gasteiger partial charge in [0, 0.05) is 17.6 Å². The predicted molar refractivity (Wildman–Crippen MR) is 109 cm³/mol. The molecular weight excluding hydrogens is 406 g/mol. The molecule has 0 bridgehead atoms. The van der Waals surface area contributed by atoms with Crippen LogP contribution >= 0.6 is 11.6 Å². The van der Waals surface area contributed by atoms with Crippen LogP contribution in [0, 0.1) is 13.8 Å². The molecule has 0 N–H and O–H groups in total. The summed E-state index contributed by atoms with van der Waals surface area (Å²) in [6.07, 6.45) is 6.15. The number of benzene rings is 1. The van der Waals surface area contributed by atoms with Gasteiger partial charge in [0.15, 0.2) is 11.6 Å². The fourth-order valence-electron chi connectivity index (χ4n) is 3.57. The number of aromatic nitrogens is 6. The Balaban J connectivity index is 1.54. The lowest BCUT2D eigenvalue weighted by Gasteiger charge is -2.32. The van der Waals surface area contributed by atoms with Gasteiger partial charge >= 0.3 is 0 Å². The second kappa shape index (κ2) is 8.74. The van der Waals surface area contributed by atoms with Crippen molar-refractivity contribution in [3.8, 4) is 0 Å². The Morgan fingerprint density at radius 3 is 2.90 bits per heavy atom. The third-order valence-electron chi connectivity index (χ3n) is 4.99. The summed E-state index contributed by atoms with van der Waals surface area (Å²) in [5, 5.41) is 16.6. The first kappa shape index (κ1) is 20.2. The molecule has 2 aromatic heterocycles. The van der Waals surface area contributed by atoms with Crippen molar-refractivity contribution >= 4 is 23.6 Å². The molecule has 30 heavy (non-hydrogen) atoms. The number of aryl methyl sites for hydroxylation is 2. The number of hydrogen-bond acceptors (Lipinski definition) is 7. The number of likely N-dealkylation sites (tertiary alicyclic amines) is 1. The molecule has 1 amide bonds. The molecule has 3 heterocycles. The lowest BCUT2D eigenvalue weighted by atomic mass is 10.0. The van der Waals surface area contributed by atoms with Crippen LogP contribution in [0.3, 0.4) is 0 Å². The van der Waals surface area contributed by atoms with Crippen molar-refractivity contribution in [1.82, 2.24) is 35.2 Å². The van der Waals surface area contributed by atoms with Gasteiger partial charge in [-0.05, 0) is 67.7 Å². The van der Waals surface area contributed by atoms with Crippen molar-refractivity contribution in [2.75, 3.05) is 6.54 Å². The molecule has 1 atom stereocenters. The second-order valence-corrected chi connectivity index (χ2v) is 7.70. The zero-order chi connectivity index (χ0) is 21.1. The normalized spacial score (nSPS) is 17.0. The van der Waals surface area contributed by atoms with E-state index < -0.39 is 0 Å². The summed E-state index contributed by atoms with van der Waals surface area (Å²) < 4.78 is 5.33. The van der Waals surface area contributed by atoms with Gasteiger partial charge in [-0.2, -0.15) is 9.78 Å². The van der Waals surface area contributed by atoms with Gasteiger partial charge in [0.2, 0.25) is 11.8 Å². The minimum absolute atomic E-state index is 0.0915. The van der Waals surface area contributed by atoms with Crippen LogP contribution in [0.15, 0.2) is 28.8 Å². The first-order valence-electron chi connectivity index (χ1n) is 9.81. The minimum atomic E-state index is -0.191. The molecule has 0 unspecified atom stereocenters. The molecule has 1 aliphatic heterocycles. The van der Waals surface area contributed by atoms with Crippen LogP contribution in [-0.4, -0.2) is 47.7 Å². The van der Waals surface area contributed by atoms with Crippen LogP contribution in [0.5, 0.6) is 0 Å². The summed E-state index contributed by atoms with van der Waals surface area (Å²) in [5.41, 5.74) is 1.76. The van der Waals surface area contributed by atoms with E-state index in [0.29, 0.717) is 35.7 Å². The fourth-order valence-corrected chi connectivity index (χ4v) is 3.77. The molecule has 0 aliphatic carbocycles. The Kier molecular flexibility index (Phi) is 5.89. The minimum Gasteiger partial charge on any atom is -0.337 e. The van der Waals surface area contributed by atoms with Crippen LogP contribution in [0.25, 0.3) is 6.08 Å². The molecule has 1 aromatic carbocycles. The monoisotopic (exact) mass is 427 g/mol. The third kappa shape index (κ3) is 4.56. The van der Waals surface area contributed by atoms with Crippen LogP contribution in [0.2, 0.25) is 5.02 Å². The Bertz CT molecular complexity index is 1070. The fraction of sp³-hybridized carbons (Fsp3) is 0.400. The van der Waals surface area contributed by atoms with Gasteiger partial charge < -0.3 is 9.42 Å². The van der Waals surface area contributed by atoms with E-state index in [9.17, 15) is 4.79 Å². The summed E-state index contributed by atoms with van der Waals surface area (Å²) in [6.45, 7) is 4.62. The summed E-state index contributed by atoms with van der Waals surface area (Å²) in [7, 11) is 0. The van der Waals surface area contributed by atoms with E-state index in [2.05, 4.69) is 25.6 Å². The zero-order valence-electron chi connectivity index (χ0n) is 16.8. The molecule has 4 rings (SSSR count). The molecule has 9 nitrogen and oxygen atoms in total. The van der Waals surface area contributed by atoms with E-state index in [1.807, 2.05) is 12.1 Å². The van der Waals surface area contributed by atoms with Gasteiger partial charge in [0.1, 0.15) is 6.04 Å². The number of carbonyl (C=O) groups is 1. The molecule has 0 spiro atoms. The SMILES string of the molecule is Cc1noc([C@@H]2CCCCN2C(=O)/C=C/c2ccc(Cl)cc2Cn2nnc(C)n2)n1. The zero-order valence-corrected chi connectivity index (χ0v) is 17.6. The van der Waals surface area contributed by atoms with Gasteiger partial charge in [0.25, 0.3) is 0 Å². The first-order valence-corrected chi connectivity index (χ1v) is 10.2. The lowest BCUT2D eigenvalue weighted by Crippen LogP contribution is -2.37. The van der Waals surface area contributed by atoms with Crippen molar-refractivity contribution < 1.29 is 9.32 Å². The summed E-state index contributed by atoms with van der Waals surface area (Å²) in [4.78, 5) is 20.6. The molecule has 3 aromatic rings. The van der Waals surface area contributed by atoms with Gasteiger partial charge in [-0.1, -0.05) is 22.8 Å². The summed E-state index contributed by atoms with van der Waals surface area (Å²) in [5.74, 6) is 1.57. The lowest BCUT2D eigenvalue weighted by molar-refractivity contribution is -0.130. The van der Waals surface area contributed by atoms with Crippen LogP contribution in [0.1, 0.15) is 54.0 Å². The van der Waals surface area contributed by atoms with E-state index >= 15 is 0 Å². The van der Waals surface area contributed by atoms with E-state index in [0.717, 1.165) is 30.4 Å². The Hall–Kier alpha value is -3.07. The van der Waals surface area contributed by atoms with Crippen molar-refractivity contribution in [2.24, 2.45) is 0 Å². The number of hydrogen-bond donors (Lipinski definition) is 0. The molecule has 1 aliphatic rings. The van der Waals surface area contributed by atoms with E-state index in [-0.39, 0.29) is 11.9 Å². The molecule has 1 saturated heterocycles. The molecular formula is C20H22ClN7O2. The number of halogens is 1. The van der Waals surface area contributed by atoms with Crippen molar-refractivity contribution in [3.63, 3.8) is 0 Å². The number of tetrazole rings is 1. The maximum absolute atomic E-state index is 13.0. The molecule has 156 valence electrons. The second-order valence-electron chi connectivity index (χ2n) is 7.27. The standard InChI is InChI=1S/C20H22ClN7O2/c1-13-22-20(30-25-13)18-5-3-4-10-27(18)19(29)9-7-15-6-8-17(21)11-16(15)12-28-24-14(2)23-26-28/h6-9,11,18H,3-5,10,12H2,1-2H3/b9-7+/t18-/m0/s1. The Morgan fingerprint density at radius 1 is 1.30 bits per heavy atom. The number of piperidine rings is 1. The van der Waals surface area contributed by atoms with Gasteiger partial charge in [-0.15, -0.1) is 10.2 Å². The average Bonchev–Trinajstić information content (AvgIpc) is 3.35. The first-order chi connectivity index (χ1) is 14.5. The Morgan fingerprint density at radius 2 is 2.17 bits per heavy atom. The van der Waals surface area contributed by atoms with E-state index in [4.69, 9.17) is 16.1 Å². The van der Waals surface area contributed by atoms with Gasteiger partial charge in [0.05, 0.1) is 6.54 Å². The molecule has 10 heteroatoms. The third-order valence-corrected chi connectivity index (χ3v) is 5.22. The highest BCUT2D eigenvalue weighted by Crippen LogP contribution is 2.30. The number of carbonyl (C=O) groups excluding carboxylic acids is 1. The summed E-state index contributed by atoms with van der Waals surface area (Å²) in [6, 6.07) is 5.32. The quantitative estimate of drug-likeness (QED) is 0.576. The highest BCUT2D eigenvalue weighted by Gasteiger charge is 2.30. The maximum Gasteiger partial charge on any atom is 0.249 e. The van der Waals surface area contributed by atoms with Gasteiger partial charge in [-0.3, -0.25) is 4.79 Å². The maximum atomic E-state index is 13.0. The number of nitrogens with zero attached hydrogens (tertiary/aromatic N) is 7. The van der Waals surface area contributed by atoms with Crippen molar-refractivity contribution in [2.45, 2.75) is 45.7 Å². The number of amides is 1. The van der Waals surface area contributed by atoms with Crippen LogP contribution < -0.4 is 0 Å². The van der Waals surface area contributed by atoms with Crippen molar-refractivity contribution in [3.05, 3.63) is 58.0 Å². The topological polar surface area (TPSA) is 103 Å². The van der Waals surface area contributed by atoms with Crippen LogP contribution in [-0.2, 0) is 11.3 Å². The highest BCUT2D eigenvalue weighted by atomic mass is 35.5. The Labute approximate surface area is 178 Å². The summed E-state index contributed by atoms with van der Waals surface area (Å²) >= 11 is 6.17. The van der Waals surface area contributed by atoms with E-state index in [1.54, 1.807) is 37.0 Å². The van der Waals surface area contributed by atoms with Crippen molar-refractivity contribution in [1.29, 1.82) is 0 Å². The average molecular weight is 428 g/mol. The molecule has 0 radical (unpaired) electrons. The smallest absolute Gasteiger partial charge is 0.249 e. The predicted octanol–water partition coefficient (Wildman–Crippen LogP) is 3.14. The molecule has 0 saturated carbocycles. The molecule has 1 fully saturated rings. The number of rotatable bonds is 5.